The molecule has 0 N–H and O–H groups in total. The second-order valence-electron chi connectivity index (χ2n) is 3.76. The maximum absolute atomic E-state index is 13.6. The van der Waals surface area contributed by atoms with Crippen molar-refractivity contribution in [1.82, 2.24) is 0 Å². The van der Waals surface area contributed by atoms with E-state index in [9.17, 15) is 9.18 Å². The van der Waals surface area contributed by atoms with Crippen molar-refractivity contribution in [3.63, 3.8) is 0 Å². The van der Waals surface area contributed by atoms with E-state index in [-0.39, 0.29) is 23.5 Å². The Balaban J connectivity index is 2.34. The third-order valence-electron chi connectivity index (χ3n) is 2.47. The summed E-state index contributed by atoms with van der Waals surface area (Å²) < 4.78 is 13.6. The van der Waals surface area contributed by atoms with Crippen LogP contribution in [0.25, 0.3) is 0 Å². The van der Waals surface area contributed by atoms with E-state index >= 15 is 0 Å². The van der Waals surface area contributed by atoms with Gasteiger partial charge in [-0.05, 0) is 24.6 Å². The van der Waals surface area contributed by atoms with Crippen molar-refractivity contribution in [3.8, 4) is 0 Å². The van der Waals surface area contributed by atoms with Gasteiger partial charge in [-0.3, -0.25) is 4.79 Å². The fourth-order valence-corrected chi connectivity index (χ4v) is 2.00. The fraction of sp³-hybridized carbons (Fsp3) is 0.364. The topological polar surface area (TPSA) is 20.3 Å². The molecule has 4 heteroatoms. The van der Waals surface area contributed by atoms with Gasteiger partial charge in [-0.15, -0.1) is 11.6 Å². The van der Waals surface area contributed by atoms with Gasteiger partial charge in [0.25, 0.3) is 0 Å². The van der Waals surface area contributed by atoms with Gasteiger partial charge in [0.2, 0.25) is 5.91 Å². The summed E-state index contributed by atoms with van der Waals surface area (Å²) in [6, 6.07) is 4.83. The third kappa shape index (κ3) is 1.97. The number of rotatable bonds is 1. The lowest BCUT2D eigenvalue weighted by Crippen LogP contribution is -2.25. The SMILES string of the molecule is Cc1ccc(N2CC(Cl)CC2=O)c(F)c1. The van der Waals surface area contributed by atoms with Gasteiger partial charge in [0.05, 0.1) is 11.1 Å². The summed E-state index contributed by atoms with van der Waals surface area (Å²) in [7, 11) is 0. The monoisotopic (exact) mass is 227 g/mol. The molecule has 1 heterocycles. The van der Waals surface area contributed by atoms with E-state index in [2.05, 4.69) is 0 Å². The molecule has 2 nitrogen and oxygen atoms in total. The second-order valence-corrected chi connectivity index (χ2v) is 4.38. The summed E-state index contributed by atoms with van der Waals surface area (Å²) in [5, 5.41) is -0.210. The van der Waals surface area contributed by atoms with Crippen molar-refractivity contribution in [1.29, 1.82) is 0 Å². The zero-order valence-electron chi connectivity index (χ0n) is 8.34. The second kappa shape index (κ2) is 3.81. The van der Waals surface area contributed by atoms with Crippen LogP contribution in [0.2, 0.25) is 0 Å². The minimum Gasteiger partial charge on any atom is -0.308 e. The number of benzene rings is 1. The molecule has 1 fully saturated rings. The number of nitrogens with zero attached hydrogens (tertiary/aromatic N) is 1. The highest BCUT2D eigenvalue weighted by Gasteiger charge is 2.30. The van der Waals surface area contributed by atoms with Crippen LogP contribution in [0.5, 0.6) is 0 Å². The zero-order valence-corrected chi connectivity index (χ0v) is 9.09. The van der Waals surface area contributed by atoms with Gasteiger partial charge in [0.1, 0.15) is 5.82 Å². The smallest absolute Gasteiger partial charge is 0.228 e. The lowest BCUT2D eigenvalue weighted by molar-refractivity contribution is -0.117. The maximum atomic E-state index is 13.6. The van der Waals surface area contributed by atoms with E-state index in [1.165, 1.54) is 11.0 Å². The zero-order chi connectivity index (χ0) is 11.0. The molecule has 0 spiro atoms. The third-order valence-corrected chi connectivity index (χ3v) is 2.76. The highest BCUT2D eigenvalue weighted by Crippen LogP contribution is 2.27. The molecule has 0 bridgehead atoms. The van der Waals surface area contributed by atoms with Crippen LogP contribution in [0.15, 0.2) is 18.2 Å². The Kier molecular flexibility index (Phi) is 2.65. The van der Waals surface area contributed by atoms with Gasteiger partial charge in [0.15, 0.2) is 0 Å². The number of amides is 1. The average Bonchev–Trinajstić information content (AvgIpc) is 2.45. The van der Waals surface area contributed by atoms with E-state index in [0.29, 0.717) is 12.2 Å². The lowest BCUT2D eigenvalue weighted by atomic mass is 10.2. The molecular weight excluding hydrogens is 217 g/mol. The van der Waals surface area contributed by atoms with Crippen molar-refractivity contribution in [2.24, 2.45) is 0 Å². The Morgan fingerprint density at radius 3 is 2.80 bits per heavy atom. The van der Waals surface area contributed by atoms with Crippen molar-refractivity contribution in [3.05, 3.63) is 29.6 Å². The standard InChI is InChI=1S/C11H11ClFNO/c1-7-2-3-10(9(13)4-7)14-6-8(12)5-11(14)15/h2-4,8H,5-6H2,1H3. The van der Waals surface area contributed by atoms with Crippen LogP contribution >= 0.6 is 11.6 Å². The summed E-state index contributed by atoms with van der Waals surface area (Å²) >= 11 is 5.85. The Hall–Kier alpha value is -1.09. The Morgan fingerprint density at radius 1 is 1.53 bits per heavy atom. The summed E-state index contributed by atoms with van der Waals surface area (Å²) in [5.74, 6) is -0.480. The molecule has 1 saturated heterocycles. The summed E-state index contributed by atoms with van der Waals surface area (Å²) in [6.07, 6.45) is 0.287. The number of aryl methyl sites for hydroxylation is 1. The first kappa shape index (κ1) is 10.4. The van der Waals surface area contributed by atoms with Crippen LogP contribution in [-0.4, -0.2) is 17.8 Å². The van der Waals surface area contributed by atoms with Crippen molar-refractivity contribution < 1.29 is 9.18 Å². The van der Waals surface area contributed by atoms with Crippen molar-refractivity contribution >= 4 is 23.2 Å². The maximum Gasteiger partial charge on any atom is 0.228 e. The summed E-state index contributed by atoms with van der Waals surface area (Å²) in [5.41, 5.74) is 1.17. The Morgan fingerprint density at radius 2 is 2.27 bits per heavy atom. The van der Waals surface area contributed by atoms with Gasteiger partial charge >= 0.3 is 0 Å². The normalized spacial score (nSPS) is 21.1. The first-order valence-corrected chi connectivity index (χ1v) is 5.22. The van der Waals surface area contributed by atoms with Crippen LogP contribution in [0.3, 0.4) is 0 Å². The van der Waals surface area contributed by atoms with Crippen molar-refractivity contribution in [2.75, 3.05) is 11.4 Å². The molecule has 80 valence electrons. The number of alkyl halides is 1. The van der Waals surface area contributed by atoms with Gasteiger partial charge in [0, 0.05) is 13.0 Å². The fourth-order valence-electron chi connectivity index (χ4n) is 1.73. The van der Waals surface area contributed by atoms with Crippen LogP contribution < -0.4 is 4.90 Å². The minimum absolute atomic E-state index is 0.113. The van der Waals surface area contributed by atoms with Crippen LogP contribution in [0.4, 0.5) is 10.1 Å². The molecule has 1 atom stereocenters. The highest BCUT2D eigenvalue weighted by molar-refractivity contribution is 6.24. The molecule has 0 saturated carbocycles. The molecular formula is C11H11ClFNO. The quantitative estimate of drug-likeness (QED) is 0.675. The van der Waals surface area contributed by atoms with Crippen molar-refractivity contribution in [2.45, 2.75) is 18.7 Å². The van der Waals surface area contributed by atoms with E-state index in [1.807, 2.05) is 6.92 Å². The predicted molar refractivity (Wildman–Crippen MR) is 57.7 cm³/mol. The highest BCUT2D eigenvalue weighted by atomic mass is 35.5. The number of anilines is 1. The van der Waals surface area contributed by atoms with Gasteiger partial charge < -0.3 is 4.90 Å². The first-order valence-electron chi connectivity index (χ1n) is 4.78. The molecule has 0 aromatic heterocycles. The van der Waals surface area contributed by atoms with E-state index in [1.54, 1.807) is 12.1 Å². The predicted octanol–water partition coefficient (Wildman–Crippen LogP) is 2.48. The van der Waals surface area contributed by atoms with E-state index in [0.717, 1.165) is 5.56 Å². The number of halogens is 2. The van der Waals surface area contributed by atoms with E-state index < -0.39 is 0 Å². The molecule has 1 unspecified atom stereocenters. The molecule has 2 rings (SSSR count). The number of carbonyl (C=O) groups excluding carboxylic acids is 1. The molecule has 1 aromatic carbocycles. The van der Waals surface area contributed by atoms with Gasteiger partial charge in [-0.2, -0.15) is 0 Å². The summed E-state index contributed by atoms with van der Waals surface area (Å²) in [6.45, 7) is 2.20. The molecule has 15 heavy (non-hydrogen) atoms. The van der Waals surface area contributed by atoms with Gasteiger partial charge in [-0.1, -0.05) is 6.07 Å². The van der Waals surface area contributed by atoms with Crippen LogP contribution in [0.1, 0.15) is 12.0 Å². The van der Waals surface area contributed by atoms with E-state index in [4.69, 9.17) is 11.6 Å². The molecule has 1 aliphatic rings. The number of carbonyl (C=O) groups is 1. The molecule has 1 amide bonds. The number of hydrogen-bond acceptors (Lipinski definition) is 1. The minimum atomic E-state index is -0.367. The molecule has 1 aromatic rings. The number of hydrogen-bond donors (Lipinski definition) is 0. The average molecular weight is 228 g/mol. The largest absolute Gasteiger partial charge is 0.308 e. The summed E-state index contributed by atoms with van der Waals surface area (Å²) in [4.78, 5) is 12.9. The molecule has 0 aliphatic carbocycles. The van der Waals surface area contributed by atoms with Crippen LogP contribution in [-0.2, 0) is 4.79 Å². The van der Waals surface area contributed by atoms with Crippen LogP contribution in [0, 0.1) is 12.7 Å². The molecule has 1 aliphatic heterocycles. The lowest BCUT2D eigenvalue weighted by Gasteiger charge is -2.16. The first-order chi connectivity index (χ1) is 7.08. The molecule has 0 radical (unpaired) electrons. The van der Waals surface area contributed by atoms with Gasteiger partial charge in [-0.25, -0.2) is 4.39 Å². The Labute approximate surface area is 92.6 Å². The Bertz CT molecular complexity index is 408.